The molecule has 0 aromatic rings. The molecular weight excluding hydrogens is 246 g/mol. The van der Waals surface area contributed by atoms with Crippen LogP contribution in [0.15, 0.2) is 0 Å². The Hall–Kier alpha value is 0.210. The molecule has 2 nitrogen and oxygen atoms in total. The number of hydrogen-bond donors (Lipinski definition) is 1. The Balaban J connectivity index is 0. The Morgan fingerprint density at radius 1 is 0.833 bits per heavy atom. The summed E-state index contributed by atoms with van der Waals surface area (Å²) in [5, 5.41) is 9.35. The summed E-state index contributed by atoms with van der Waals surface area (Å²) in [5.74, 6) is 0. The van der Waals surface area contributed by atoms with Crippen LogP contribution in [0.4, 0.5) is 0 Å². The molecule has 1 unspecified atom stereocenters. The minimum Gasteiger partial charge on any atom is -1.00 e. The first kappa shape index (κ1) is 20.5. The van der Waals surface area contributed by atoms with Gasteiger partial charge < -0.3 is 22.0 Å². The number of rotatable bonds is 11. The van der Waals surface area contributed by atoms with E-state index in [4.69, 9.17) is 0 Å². The van der Waals surface area contributed by atoms with Crippen LogP contribution in [-0.4, -0.2) is 43.4 Å². The molecule has 0 rings (SSSR count). The summed E-state index contributed by atoms with van der Waals surface area (Å²) < 4.78 is 0.882. The first-order valence-electron chi connectivity index (χ1n) is 7.44. The third kappa shape index (κ3) is 11.3. The van der Waals surface area contributed by atoms with Gasteiger partial charge >= 0.3 is 0 Å². The van der Waals surface area contributed by atoms with Crippen LogP contribution >= 0.6 is 0 Å². The maximum atomic E-state index is 9.35. The number of nitrogens with zero attached hydrogens (tertiary/aromatic N) is 1. The molecule has 18 heavy (non-hydrogen) atoms. The predicted molar refractivity (Wildman–Crippen MR) is 76.1 cm³/mol. The zero-order chi connectivity index (χ0) is 13.1. The van der Waals surface area contributed by atoms with E-state index in [1.807, 2.05) is 0 Å². The van der Waals surface area contributed by atoms with Gasteiger partial charge in [0.2, 0.25) is 0 Å². The fraction of sp³-hybridized carbons (Fsp3) is 1.00. The smallest absolute Gasteiger partial charge is 0.112 e. The van der Waals surface area contributed by atoms with Gasteiger partial charge in [-0.2, -0.15) is 0 Å². The van der Waals surface area contributed by atoms with E-state index in [9.17, 15) is 5.11 Å². The van der Waals surface area contributed by atoms with Gasteiger partial charge in [-0.25, -0.2) is 0 Å². The first-order chi connectivity index (χ1) is 8.02. The third-order valence-electron chi connectivity index (χ3n) is 3.70. The number of likely N-dealkylation sites (N-methyl/N-ethyl adjacent to an activating group) is 1. The molecule has 0 heterocycles. The zero-order valence-electron chi connectivity index (χ0n) is 12.9. The van der Waals surface area contributed by atoms with Crippen LogP contribution in [0, 0.1) is 0 Å². The van der Waals surface area contributed by atoms with E-state index < -0.39 is 0 Å². The minimum atomic E-state index is 0. The summed E-state index contributed by atoms with van der Waals surface area (Å²) in [4.78, 5) is 0. The number of quaternary nitrogens is 1. The lowest BCUT2D eigenvalue weighted by Gasteiger charge is -2.33. The summed E-state index contributed by atoms with van der Waals surface area (Å²) in [5.41, 5.74) is 0. The lowest BCUT2D eigenvalue weighted by Crippen LogP contribution is -3.00. The Kier molecular flexibility index (Phi) is 14.0. The average Bonchev–Trinajstić information content (AvgIpc) is 2.25. The summed E-state index contributed by atoms with van der Waals surface area (Å²) in [7, 11) is 6.52. The molecular formula is C15H34ClNO. The van der Waals surface area contributed by atoms with Crippen LogP contribution in [0.25, 0.3) is 0 Å². The van der Waals surface area contributed by atoms with E-state index in [2.05, 4.69) is 28.1 Å². The molecule has 0 saturated carbocycles. The number of halogens is 1. The van der Waals surface area contributed by atoms with Crippen molar-refractivity contribution >= 4 is 0 Å². The Bertz CT molecular complexity index is 168. The average molecular weight is 280 g/mol. The topological polar surface area (TPSA) is 20.2 Å². The molecule has 0 spiro atoms. The highest BCUT2D eigenvalue weighted by Gasteiger charge is 2.21. The molecule has 0 amide bonds. The van der Waals surface area contributed by atoms with E-state index in [1.165, 1.54) is 51.4 Å². The van der Waals surface area contributed by atoms with Crippen molar-refractivity contribution in [2.24, 2.45) is 0 Å². The van der Waals surface area contributed by atoms with Gasteiger partial charge in [-0.3, -0.25) is 0 Å². The number of aliphatic hydroxyl groups excluding tert-OH is 1. The fourth-order valence-electron chi connectivity index (χ4n) is 2.24. The van der Waals surface area contributed by atoms with E-state index in [-0.39, 0.29) is 12.4 Å². The van der Waals surface area contributed by atoms with Crippen molar-refractivity contribution in [2.75, 3.05) is 27.7 Å². The highest BCUT2D eigenvalue weighted by Crippen LogP contribution is 2.14. The van der Waals surface area contributed by atoms with Crippen molar-refractivity contribution in [3.63, 3.8) is 0 Å². The molecule has 0 aromatic carbocycles. The van der Waals surface area contributed by atoms with Crippen molar-refractivity contribution in [1.29, 1.82) is 0 Å². The molecule has 0 radical (unpaired) electrons. The van der Waals surface area contributed by atoms with Gasteiger partial charge in [0.1, 0.15) is 6.04 Å². The maximum Gasteiger partial charge on any atom is 0.112 e. The van der Waals surface area contributed by atoms with Gasteiger partial charge in [0.25, 0.3) is 0 Å². The molecule has 0 aliphatic heterocycles. The van der Waals surface area contributed by atoms with E-state index in [0.717, 1.165) is 10.9 Å². The number of hydrogen-bond acceptors (Lipinski definition) is 1. The van der Waals surface area contributed by atoms with Crippen LogP contribution < -0.4 is 12.4 Å². The molecule has 0 fully saturated rings. The number of unbranched alkanes of at least 4 members (excludes halogenated alkanes) is 7. The molecule has 1 atom stereocenters. The Morgan fingerprint density at radius 2 is 1.28 bits per heavy atom. The van der Waals surface area contributed by atoms with Crippen LogP contribution in [0.3, 0.4) is 0 Å². The molecule has 0 aliphatic rings. The van der Waals surface area contributed by atoms with Crippen molar-refractivity contribution in [1.82, 2.24) is 0 Å². The highest BCUT2D eigenvalue weighted by molar-refractivity contribution is 4.56. The standard InChI is InChI=1S/C15H34NO.ClH/c1-5-6-7-8-9-10-11-12-13-15(14-17)16(2,3)4;/h15,17H,5-14H2,1-4H3;1H/q+1;/p-1. The zero-order valence-corrected chi connectivity index (χ0v) is 13.7. The maximum absolute atomic E-state index is 9.35. The van der Waals surface area contributed by atoms with Crippen LogP contribution in [0.2, 0.25) is 0 Å². The van der Waals surface area contributed by atoms with Gasteiger partial charge in [0.05, 0.1) is 27.7 Å². The van der Waals surface area contributed by atoms with Gasteiger partial charge in [-0.05, 0) is 6.42 Å². The highest BCUT2D eigenvalue weighted by atomic mass is 35.5. The molecule has 0 aliphatic carbocycles. The first-order valence-corrected chi connectivity index (χ1v) is 7.44. The molecule has 0 bridgehead atoms. The second kappa shape index (κ2) is 12.3. The predicted octanol–water partition coefficient (Wildman–Crippen LogP) is 0.588. The molecule has 0 aromatic heterocycles. The quantitative estimate of drug-likeness (QED) is 0.434. The van der Waals surface area contributed by atoms with E-state index in [1.54, 1.807) is 0 Å². The molecule has 3 heteroatoms. The van der Waals surface area contributed by atoms with Crippen molar-refractivity contribution in [3.8, 4) is 0 Å². The summed E-state index contributed by atoms with van der Waals surface area (Å²) in [6, 6.07) is 0.412. The SMILES string of the molecule is CCCCCCCCCCC(CO)[N+](C)(C)C.[Cl-]. The van der Waals surface area contributed by atoms with Gasteiger partial charge in [0, 0.05) is 6.42 Å². The van der Waals surface area contributed by atoms with Gasteiger partial charge in [0.15, 0.2) is 0 Å². The number of aliphatic hydroxyl groups is 1. The summed E-state index contributed by atoms with van der Waals surface area (Å²) >= 11 is 0. The second-order valence-electron chi connectivity index (χ2n) is 6.22. The Labute approximate surface area is 121 Å². The van der Waals surface area contributed by atoms with Crippen LogP contribution in [-0.2, 0) is 0 Å². The fourth-order valence-corrected chi connectivity index (χ4v) is 2.24. The summed E-state index contributed by atoms with van der Waals surface area (Å²) in [6.45, 7) is 2.58. The molecule has 112 valence electrons. The van der Waals surface area contributed by atoms with Gasteiger partial charge in [-0.15, -0.1) is 0 Å². The van der Waals surface area contributed by atoms with E-state index in [0.29, 0.717) is 12.6 Å². The normalized spacial score (nSPS) is 13.2. The molecule has 1 N–H and O–H groups in total. The van der Waals surface area contributed by atoms with Gasteiger partial charge in [-0.1, -0.05) is 51.9 Å². The van der Waals surface area contributed by atoms with Crippen molar-refractivity contribution in [2.45, 2.75) is 70.8 Å². The van der Waals surface area contributed by atoms with Crippen LogP contribution in [0.5, 0.6) is 0 Å². The van der Waals surface area contributed by atoms with E-state index >= 15 is 0 Å². The lowest BCUT2D eigenvalue weighted by molar-refractivity contribution is -0.897. The minimum absolute atomic E-state index is 0. The van der Waals surface area contributed by atoms with Crippen molar-refractivity contribution in [3.05, 3.63) is 0 Å². The second-order valence-corrected chi connectivity index (χ2v) is 6.22. The van der Waals surface area contributed by atoms with Crippen molar-refractivity contribution < 1.29 is 22.0 Å². The summed E-state index contributed by atoms with van der Waals surface area (Å²) in [6.07, 6.45) is 12.1. The van der Waals surface area contributed by atoms with Crippen LogP contribution in [0.1, 0.15) is 64.7 Å². The lowest BCUT2D eigenvalue weighted by atomic mass is 10.0. The molecule has 0 saturated heterocycles. The monoisotopic (exact) mass is 279 g/mol. The third-order valence-corrected chi connectivity index (χ3v) is 3.70. The largest absolute Gasteiger partial charge is 1.00 e. The Morgan fingerprint density at radius 3 is 1.67 bits per heavy atom.